The Bertz CT molecular complexity index is 615. The number of carbonyl (C=O) groups excluding carboxylic acids is 3. The summed E-state index contributed by atoms with van der Waals surface area (Å²) in [6.45, 7) is 12.2. The van der Waals surface area contributed by atoms with Crippen molar-refractivity contribution < 1.29 is 19.1 Å². The molecular formula is C21H35N3O4. The van der Waals surface area contributed by atoms with Gasteiger partial charge in [-0.1, -0.05) is 13.8 Å². The van der Waals surface area contributed by atoms with Crippen molar-refractivity contribution in [3.05, 3.63) is 11.1 Å². The third kappa shape index (κ3) is 5.13. The monoisotopic (exact) mass is 393 g/mol. The molecule has 0 bridgehead atoms. The number of nitrogens with one attached hydrogen (secondary N) is 1. The van der Waals surface area contributed by atoms with Crippen LogP contribution in [0.5, 0.6) is 0 Å². The van der Waals surface area contributed by atoms with Gasteiger partial charge in [0, 0.05) is 45.0 Å². The van der Waals surface area contributed by atoms with Gasteiger partial charge >= 0.3 is 5.97 Å². The van der Waals surface area contributed by atoms with Crippen LogP contribution in [-0.2, 0) is 19.1 Å². The molecule has 0 unspecified atom stereocenters. The van der Waals surface area contributed by atoms with E-state index in [1.165, 1.54) is 6.92 Å². The van der Waals surface area contributed by atoms with Crippen LogP contribution in [0.2, 0.25) is 0 Å². The molecule has 0 saturated carbocycles. The number of hydrogen-bond acceptors (Lipinski definition) is 5. The highest BCUT2D eigenvalue weighted by Crippen LogP contribution is 2.41. The summed E-state index contributed by atoms with van der Waals surface area (Å²) in [6, 6.07) is 0. The fourth-order valence-corrected chi connectivity index (χ4v) is 4.22. The standard InChI is InChI=1S/C21H35N3O4/c1-5-11-23(12-6-2)13-7-10-22-19(26)18-16(3)20(27)28-21(18)8-14-24(15-9-21)17(4)25/h5-15H2,1-4H3,(H,22,26). The lowest BCUT2D eigenvalue weighted by Crippen LogP contribution is -2.50. The number of likely N-dealkylation sites (tertiary alicyclic amines) is 1. The van der Waals surface area contributed by atoms with Crippen LogP contribution in [0.3, 0.4) is 0 Å². The molecular weight excluding hydrogens is 358 g/mol. The molecule has 1 fully saturated rings. The van der Waals surface area contributed by atoms with Crippen molar-refractivity contribution in [3.63, 3.8) is 0 Å². The van der Waals surface area contributed by atoms with E-state index in [2.05, 4.69) is 24.1 Å². The van der Waals surface area contributed by atoms with Crippen molar-refractivity contribution in [2.45, 2.75) is 65.4 Å². The Morgan fingerprint density at radius 2 is 1.75 bits per heavy atom. The predicted octanol–water partition coefficient (Wildman–Crippen LogP) is 1.87. The van der Waals surface area contributed by atoms with Crippen molar-refractivity contribution in [1.82, 2.24) is 15.1 Å². The van der Waals surface area contributed by atoms with Gasteiger partial charge in [-0.2, -0.15) is 0 Å². The van der Waals surface area contributed by atoms with E-state index in [4.69, 9.17) is 4.74 Å². The normalized spacial score (nSPS) is 18.8. The van der Waals surface area contributed by atoms with Gasteiger partial charge in [0.25, 0.3) is 5.91 Å². The van der Waals surface area contributed by atoms with Gasteiger partial charge < -0.3 is 19.9 Å². The number of ether oxygens (including phenoxy) is 1. The van der Waals surface area contributed by atoms with E-state index >= 15 is 0 Å². The van der Waals surface area contributed by atoms with Crippen LogP contribution in [-0.4, -0.2) is 72.5 Å². The summed E-state index contributed by atoms with van der Waals surface area (Å²) in [5.74, 6) is -0.620. The first-order valence-corrected chi connectivity index (χ1v) is 10.6. The SMILES string of the molecule is CCCN(CCC)CCCNC(=O)C1=C(C)C(=O)OC12CCN(C(C)=O)CC2. The zero-order chi connectivity index (χ0) is 20.7. The average molecular weight is 394 g/mol. The van der Waals surface area contributed by atoms with E-state index in [9.17, 15) is 14.4 Å². The topological polar surface area (TPSA) is 79.0 Å². The van der Waals surface area contributed by atoms with Crippen molar-refractivity contribution in [1.29, 1.82) is 0 Å². The highest BCUT2D eigenvalue weighted by molar-refractivity contribution is 6.07. The first kappa shape index (κ1) is 22.4. The summed E-state index contributed by atoms with van der Waals surface area (Å²) in [5, 5.41) is 2.98. The number of amides is 2. The van der Waals surface area contributed by atoms with Gasteiger partial charge in [-0.15, -0.1) is 0 Å². The number of nitrogens with zero attached hydrogens (tertiary/aromatic N) is 2. The van der Waals surface area contributed by atoms with Gasteiger partial charge in [0.1, 0.15) is 5.60 Å². The number of hydrogen-bond donors (Lipinski definition) is 1. The van der Waals surface area contributed by atoms with E-state index in [0.717, 1.165) is 38.9 Å². The molecule has 2 heterocycles. The largest absolute Gasteiger partial charge is 0.450 e. The molecule has 0 aromatic rings. The molecule has 7 nitrogen and oxygen atoms in total. The molecule has 158 valence electrons. The second-order valence-electron chi connectivity index (χ2n) is 7.84. The number of esters is 1. The molecule has 7 heteroatoms. The Morgan fingerprint density at radius 3 is 2.29 bits per heavy atom. The minimum absolute atomic E-state index is 0.00888. The number of piperidine rings is 1. The third-order valence-electron chi connectivity index (χ3n) is 5.68. The number of rotatable bonds is 9. The van der Waals surface area contributed by atoms with Gasteiger partial charge in [-0.25, -0.2) is 4.79 Å². The summed E-state index contributed by atoms with van der Waals surface area (Å²) in [6.07, 6.45) is 4.06. The summed E-state index contributed by atoms with van der Waals surface area (Å²) in [4.78, 5) is 40.8. The maximum atomic E-state index is 12.9. The van der Waals surface area contributed by atoms with Crippen molar-refractivity contribution in [2.75, 3.05) is 39.3 Å². The van der Waals surface area contributed by atoms with Gasteiger partial charge in [0.2, 0.25) is 5.91 Å². The average Bonchev–Trinajstić information content (AvgIpc) is 2.89. The van der Waals surface area contributed by atoms with Crippen LogP contribution >= 0.6 is 0 Å². The third-order valence-corrected chi connectivity index (χ3v) is 5.68. The van der Waals surface area contributed by atoms with Crippen LogP contribution in [0.1, 0.15) is 59.8 Å². The van der Waals surface area contributed by atoms with E-state index in [0.29, 0.717) is 43.6 Å². The van der Waals surface area contributed by atoms with Crippen LogP contribution in [0, 0.1) is 0 Å². The first-order chi connectivity index (χ1) is 13.3. The molecule has 0 aromatic heterocycles. The molecule has 28 heavy (non-hydrogen) atoms. The molecule has 0 aliphatic carbocycles. The lowest BCUT2D eigenvalue weighted by Gasteiger charge is -2.39. The first-order valence-electron chi connectivity index (χ1n) is 10.6. The van der Waals surface area contributed by atoms with Crippen LogP contribution < -0.4 is 5.32 Å². The molecule has 1 spiro atoms. The zero-order valence-electron chi connectivity index (χ0n) is 17.8. The minimum Gasteiger partial charge on any atom is -0.450 e. The lowest BCUT2D eigenvalue weighted by molar-refractivity contribution is -0.152. The molecule has 2 aliphatic heterocycles. The van der Waals surface area contributed by atoms with Crippen LogP contribution in [0.15, 0.2) is 11.1 Å². The molecule has 2 amide bonds. The zero-order valence-corrected chi connectivity index (χ0v) is 17.8. The molecule has 0 atom stereocenters. The highest BCUT2D eigenvalue weighted by Gasteiger charge is 2.50. The molecule has 0 radical (unpaired) electrons. The summed E-state index contributed by atoms with van der Waals surface area (Å²) < 4.78 is 5.65. The highest BCUT2D eigenvalue weighted by atomic mass is 16.6. The Hall–Kier alpha value is -1.89. The Labute approximate surface area is 168 Å². The Morgan fingerprint density at radius 1 is 1.14 bits per heavy atom. The van der Waals surface area contributed by atoms with Crippen molar-refractivity contribution in [2.24, 2.45) is 0 Å². The van der Waals surface area contributed by atoms with Gasteiger partial charge in [0.15, 0.2) is 0 Å². The maximum absolute atomic E-state index is 12.9. The van der Waals surface area contributed by atoms with Crippen LogP contribution in [0.25, 0.3) is 0 Å². The molecule has 2 rings (SSSR count). The fraction of sp³-hybridized carbons (Fsp3) is 0.762. The summed E-state index contributed by atoms with van der Waals surface area (Å²) in [5.41, 5.74) is -0.0276. The maximum Gasteiger partial charge on any atom is 0.335 e. The second kappa shape index (κ2) is 10.0. The summed E-state index contributed by atoms with van der Waals surface area (Å²) in [7, 11) is 0. The van der Waals surface area contributed by atoms with E-state index in [1.54, 1.807) is 11.8 Å². The molecule has 1 N–H and O–H groups in total. The van der Waals surface area contributed by atoms with Crippen molar-refractivity contribution in [3.8, 4) is 0 Å². The van der Waals surface area contributed by atoms with E-state index < -0.39 is 11.6 Å². The fourth-order valence-electron chi connectivity index (χ4n) is 4.22. The van der Waals surface area contributed by atoms with Gasteiger partial charge in [-0.05, 0) is 45.8 Å². The lowest BCUT2D eigenvalue weighted by atomic mass is 9.82. The molecule has 2 aliphatic rings. The number of carbonyl (C=O) groups is 3. The van der Waals surface area contributed by atoms with Crippen molar-refractivity contribution >= 4 is 17.8 Å². The quantitative estimate of drug-likeness (QED) is 0.478. The Kier molecular flexibility index (Phi) is 8.04. The second-order valence-corrected chi connectivity index (χ2v) is 7.84. The van der Waals surface area contributed by atoms with Crippen LogP contribution in [0.4, 0.5) is 0 Å². The molecule has 1 saturated heterocycles. The van der Waals surface area contributed by atoms with E-state index in [1.807, 2.05) is 0 Å². The Balaban J connectivity index is 1.94. The van der Waals surface area contributed by atoms with Gasteiger partial charge in [-0.3, -0.25) is 9.59 Å². The molecule has 0 aromatic carbocycles. The summed E-state index contributed by atoms with van der Waals surface area (Å²) >= 11 is 0. The van der Waals surface area contributed by atoms with Gasteiger partial charge in [0.05, 0.1) is 5.57 Å². The predicted molar refractivity (Wildman–Crippen MR) is 108 cm³/mol. The minimum atomic E-state index is -0.881. The van der Waals surface area contributed by atoms with E-state index in [-0.39, 0.29) is 11.8 Å². The smallest absolute Gasteiger partial charge is 0.335 e.